The molecule has 1 heterocycles. The summed E-state index contributed by atoms with van der Waals surface area (Å²) >= 11 is 0. The van der Waals surface area contributed by atoms with Crippen LogP contribution in [0.4, 0.5) is 0 Å². The van der Waals surface area contributed by atoms with E-state index in [0.29, 0.717) is 11.1 Å². The highest BCUT2D eigenvalue weighted by molar-refractivity contribution is 5.95. The highest BCUT2D eigenvalue weighted by Gasteiger charge is 2.33. The number of carbonyl (C=O) groups excluding carboxylic acids is 3. The number of carboxylic acids is 1. The summed E-state index contributed by atoms with van der Waals surface area (Å²) < 4.78 is 0. The first-order chi connectivity index (χ1) is 21.5. The number of hydrogen-bond donors (Lipinski definition) is 8. The van der Waals surface area contributed by atoms with E-state index in [0.717, 1.165) is 16.5 Å². The van der Waals surface area contributed by atoms with Crippen LogP contribution in [0.25, 0.3) is 10.9 Å². The molecule has 0 spiro atoms. The van der Waals surface area contributed by atoms with Crippen LogP contribution < -0.4 is 21.7 Å². The van der Waals surface area contributed by atoms with Gasteiger partial charge in [0.1, 0.15) is 23.9 Å². The molecule has 4 rings (SSSR count). The number of fused-ring (bicyclic) bond motifs is 1. The molecule has 0 saturated heterocycles. The number of aromatic hydroxyl groups is 1. The van der Waals surface area contributed by atoms with E-state index in [-0.39, 0.29) is 25.0 Å². The molecule has 236 valence electrons. The molecule has 12 nitrogen and oxygen atoms in total. The van der Waals surface area contributed by atoms with Gasteiger partial charge in [-0.05, 0) is 48.2 Å². The topological polar surface area (TPSA) is 207 Å². The summed E-state index contributed by atoms with van der Waals surface area (Å²) in [6, 6.07) is 17.2. The van der Waals surface area contributed by atoms with Crippen LogP contribution in [0, 0.1) is 0 Å². The summed E-state index contributed by atoms with van der Waals surface area (Å²) in [5.41, 5.74) is 8.93. The Labute approximate surface area is 259 Å². The Morgan fingerprint density at radius 2 is 1.38 bits per heavy atom. The van der Waals surface area contributed by atoms with E-state index in [1.54, 1.807) is 42.6 Å². The molecule has 0 aliphatic carbocycles. The van der Waals surface area contributed by atoms with Crippen molar-refractivity contribution >= 4 is 34.6 Å². The lowest BCUT2D eigenvalue weighted by Crippen LogP contribution is -2.60. The Bertz CT molecular complexity index is 1620. The number of phenolic OH excluding ortho intramolecular Hbond substituents is 1. The lowest BCUT2D eigenvalue weighted by Gasteiger charge is -2.26. The van der Waals surface area contributed by atoms with Crippen molar-refractivity contribution in [3.63, 3.8) is 0 Å². The van der Waals surface area contributed by atoms with Crippen molar-refractivity contribution in [2.24, 2.45) is 5.73 Å². The Morgan fingerprint density at radius 3 is 2.04 bits per heavy atom. The number of benzene rings is 3. The van der Waals surface area contributed by atoms with Gasteiger partial charge in [0.2, 0.25) is 17.7 Å². The van der Waals surface area contributed by atoms with Crippen LogP contribution >= 0.6 is 0 Å². The molecule has 0 saturated carbocycles. The molecule has 9 N–H and O–H groups in total. The van der Waals surface area contributed by atoms with Crippen LogP contribution in [0.15, 0.2) is 85.1 Å². The van der Waals surface area contributed by atoms with E-state index in [4.69, 9.17) is 5.73 Å². The van der Waals surface area contributed by atoms with Gasteiger partial charge in [-0.3, -0.25) is 14.4 Å². The maximum atomic E-state index is 13.6. The minimum absolute atomic E-state index is 0.00261. The number of amides is 3. The first kappa shape index (κ1) is 32.7. The molecule has 0 aliphatic rings. The normalized spacial score (nSPS) is 14.5. The van der Waals surface area contributed by atoms with E-state index in [9.17, 15) is 34.5 Å². The fourth-order valence-electron chi connectivity index (χ4n) is 4.96. The van der Waals surface area contributed by atoms with Crippen LogP contribution in [0.2, 0.25) is 0 Å². The standard InChI is InChI=1S/C33H37N5O7/c1-19(39)29(38-30(41)25(34)15-20-7-3-2-4-8-20)32(43)36-27(16-21-11-13-23(40)14-12-21)31(42)37-28(33(44)45)17-22-18-35-26-10-6-5-9-24(22)26/h2-14,18-19,25,27-29,35,39-40H,15-17,34H2,1H3,(H,36,43)(H,37,42)(H,38,41)(H,44,45). The third-order valence-corrected chi connectivity index (χ3v) is 7.42. The zero-order valence-corrected chi connectivity index (χ0v) is 24.6. The number of hydrogen-bond acceptors (Lipinski definition) is 7. The fourth-order valence-corrected chi connectivity index (χ4v) is 4.96. The maximum absolute atomic E-state index is 13.6. The number of carboxylic acid groups (broad SMARTS) is 1. The number of nitrogens with two attached hydrogens (primary N) is 1. The summed E-state index contributed by atoms with van der Waals surface area (Å²) in [5, 5.41) is 38.4. The number of aliphatic hydroxyl groups is 1. The maximum Gasteiger partial charge on any atom is 0.326 e. The summed E-state index contributed by atoms with van der Waals surface area (Å²) in [6.07, 6.45) is 0.409. The van der Waals surface area contributed by atoms with Crippen LogP contribution in [0.3, 0.4) is 0 Å². The number of aromatic amines is 1. The van der Waals surface area contributed by atoms with Crippen molar-refractivity contribution in [3.05, 3.63) is 102 Å². The van der Waals surface area contributed by atoms with Gasteiger partial charge in [0.15, 0.2) is 0 Å². The molecule has 3 amide bonds. The number of phenols is 1. The van der Waals surface area contributed by atoms with Crippen molar-refractivity contribution < 1.29 is 34.5 Å². The smallest absolute Gasteiger partial charge is 0.326 e. The van der Waals surface area contributed by atoms with Gasteiger partial charge >= 0.3 is 5.97 Å². The highest BCUT2D eigenvalue weighted by atomic mass is 16.4. The summed E-state index contributed by atoms with van der Waals surface area (Å²) in [7, 11) is 0. The first-order valence-electron chi connectivity index (χ1n) is 14.5. The Hall–Kier alpha value is -5.20. The SMILES string of the molecule is CC(O)C(NC(=O)C(N)Cc1ccccc1)C(=O)NC(Cc1ccc(O)cc1)C(=O)NC(Cc1c[nH]c2ccccc12)C(=O)O. The third kappa shape index (κ3) is 8.91. The summed E-state index contributed by atoms with van der Waals surface area (Å²) in [4.78, 5) is 55.2. The van der Waals surface area contributed by atoms with E-state index >= 15 is 0 Å². The Morgan fingerprint density at radius 1 is 0.756 bits per heavy atom. The molecule has 0 radical (unpaired) electrons. The molecule has 3 aromatic carbocycles. The second kappa shape index (κ2) is 15.0. The molecule has 4 aromatic rings. The Balaban J connectivity index is 1.50. The number of aromatic nitrogens is 1. The molecule has 0 fully saturated rings. The minimum atomic E-state index is -1.46. The van der Waals surface area contributed by atoms with E-state index in [2.05, 4.69) is 20.9 Å². The second-order valence-corrected chi connectivity index (χ2v) is 10.9. The zero-order chi connectivity index (χ0) is 32.5. The van der Waals surface area contributed by atoms with Gasteiger partial charge in [-0.15, -0.1) is 0 Å². The van der Waals surface area contributed by atoms with Crippen LogP contribution in [-0.4, -0.2) is 74.3 Å². The van der Waals surface area contributed by atoms with Crippen molar-refractivity contribution in [2.45, 2.75) is 56.5 Å². The number of rotatable bonds is 14. The Kier molecular flexibility index (Phi) is 10.9. The van der Waals surface area contributed by atoms with Gasteiger partial charge in [0.25, 0.3) is 0 Å². The highest BCUT2D eigenvalue weighted by Crippen LogP contribution is 2.19. The monoisotopic (exact) mass is 615 g/mol. The van der Waals surface area contributed by atoms with Crippen molar-refractivity contribution in [3.8, 4) is 5.75 Å². The quantitative estimate of drug-likeness (QED) is 0.103. The first-order valence-corrected chi connectivity index (χ1v) is 14.5. The van der Waals surface area contributed by atoms with Gasteiger partial charge in [-0.25, -0.2) is 4.79 Å². The molecule has 0 bridgehead atoms. The lowest BCUT2D eigenvalue weighted by molar-refractivity contribution is -0.142. The van der Waals surface area contributed by atoms with Gasteiger partial charge in [-0.1, -0.05) is 60.7 Å². The largest absolute Gasteiger partial charge is 0.508 e. The van der Waals surface area contributed by atoms with Crippen LogP contribution in [-0.2, 0) is 38.4 Å². The van der Waals surface area contributed by atoms with E-state index < -0.39 is 54.0 Å². The molecule has 5 atom stereocenters. The lowest BCUT2D eigenvalue weighted by atomic mass is 10.0. The van der Waals surface area contributed by atoms with Crippen molar-refractivity contribution in [1.82, 2.24) is 20.9 Å². The minimum Gasteiger partial charge on any atom is -0.508 e. The molecule has 45 heavy (non-hydrogen) atoms. The second-order valence-electron chi connectivity index (χ2n) is 10.9. The van der Waals surface area contributed by atoms with Gasteiger partial charge < -0.3 is 42.0 Å². The fraction of sp³-hybridized carbons (Fsp3) is 0.273. The number of H-pyrrole nitrogens is 1. The average molecular weight is 616 g/mol. The molecule has 12 heteroatoms. The molecule has 0 aliphatic heterocycles. The van der Waals surface area contributed by atoms with Crippen molar-refractivity contribution in [2.75, 3.05) is 0 Å². The van der Waals surface area contributed by atoms with E-state index in [1.807, 2.05) is 30.3 Å². The van der Waals surface area contributed by atoms with Crippen LogP contribution in [0.5, 0.6) is 5.75 Å². The molecular weight excluding hydrogens is 578 g/mol. The van der Waals surface area contributed by atoms with Crippen LogP contribution in [0.1, 0.15) is 23.6 Å². The molecule has 5 unspecified atom stereocenters. The number of carbonyl (C=O) groups is 4. The molecule has 1 aromatic heterocycles. The van der Waals surface area contributed by atoms with Gasteiger partial charge in [0.05, 0.1) is 12.1 Å². The number of aliphatic carboxylic acids is 1. The average Bonchev–Trinajstić information content (AvgIpc) is 3.42. The van der Waals surface area contributed by atoms with Gasteiger partial charge in [-0.2, -0.15) is 0 Å². The third-order valence-electron chi connectivity index (χ3n) is 7.42. The summed E-state index contributed by atoms with van der Waals surface area (Å²) in [5.74, 6) is -3.61. The predicted octanol–water partition coefficient (Wildman–Crippen LogP) is 1.15. The summed E-state index contributed by atoms with van der Waals surface area (Å²) in [6.45, 7) is 1.31. The van der Waals surface area contributed by atoms with Crippen molar-refractivity contribution in [1.29, 1.82) is 0 Å². The van der Waals surface area contributed by atoms with Gasteiger partial charge in [0, 0.05) is 29.9 Å². The number of nitrogens with one attached hydrogen (secondary N) is 4. The number of para-hydroxylation sites is 1. The zero-order valence-electron chi connectivity index (χ0n) is 24.6. The van der Waals surface area contributed by atoms with E-state index in [1.165, 1.54) is 19.1 Å². The number of aliphatic hydroxyl groups excluding tert-OH is 1. The predicted molar refractivity (Wildman–Crippen MR) is 167 cm³/mol. The molecular formula is C33H37N5O7.